The van der Waals surface area contributed by atoms with Crippen LogP contribution in [0.25, 0.3) is 22.0 Å². The number of hydrogen-bond acceptors (Lipinski definition) is 3. The first-order valence-electron chi connectivity index (χ1n) is 11.8. The van der Waals surface area contributed by atoms with Crippen molar-refractivity contribution < 1.29 is 4.79 Å². The molecule has 0 saturated carbocycles. The van der Waals surface area contributed by atoms with Crippen molar-refractivity contribution in [2.75, 3.05) is 6.54 Å². The van der Waals surface area contributed by atoms with Gasteiger partial charge in [-0.25, -0.2) is 0 Å². The van der Waals surface area contributed by atoms with Gasteiger partial charge in [-0.05, 0) is 48.2 Å². The van der Waals surface area contributed by atoms with Crippen LogP contribution >= 0.6 is 11.6 Å². The Morgan fingerprint density at radius 1 is 1.06 bits per heavy atom. The molecular formula is C29H27ClN4O. The normalized spacial score (nSPS) is 12.2. The number of halogens is 1. The van der Waals surface area contributed by atoms with Crippen LogP contribution in [0.1, 0.15) is 34.5 Å². The quantitative estimate of drug-likeness (QED) is 0.237. The number of benzene rings is 3. The third kappa shape index (κ3) is 5.06. The molecule has 3 aromatic carbocycles. The van der Waals surface area contributed by atoms with Crippen LogP contribution in [0.2, 0.25) is 5.02 Å². The zero-order valence-corrected chi connectivity index (χ0v) is 20.3. The molecule has 176 valence electrons. The highest BCUT2D eigenvalue weighted by Crippen LogP contribution is 2.29. The molecular weight excluding hydrogens is 456 g/mol. The van der Waals surface area contributed by atoms with E-state index in [1.807, 2.05) is 83.9 Å². The van der Waals surface area contributed by atoms with E-state index >= 15 is 0 Å². The Hall–Kier alpha value is -3.67. The topological polar surface area (TPSA) is 62.7 Å². The first kappa shape index (κ1) is 23.1. The van der Waals surface area contributed by atoms with Crippen LogP contribution in [-0.4, -0.2) is 27.1 Å². The standard InChI is InChI=1S/C29H27ClN4O/c1-2-34-19-23(17-33-34)22-10-13-25-26(18-32-27(25)16-22)29(35)28(21-6-4-3-5-7-21)31-15-14-20-8-11-24(30)12-9-20/h3-13,16-19,28,31-32H,2,14-15H2,1H3/t28-/m0/s1. The Labute approximate surface area is 209 Å². The van der Waals surface area contributed by atoms with E-state index in [0.29, 0.717) is 12.1 Å². The molecule has 5 rings (SSSR count). The lowest BCUT2D eigenvalue weighted by Crippen LogP contribution is -2.30. The van der Waals surface area contributed by atoms with Gasteiger partial charge in [0.25, 0.3) is 0 Å². The predicted octanol–water partition coefficient (Wildman–Crippen LogP) is 6.46. The summed E-state index contributed by atoms with van der Waals surface area (Å²) in [4.78, 5) is 17.1. The van der Waals surface area contributed by atoms with Crippen LogP contribution in [0, 0.1) is 0 Å². The number of aryl methyl sites for hydroxylation is 1. The maximum absolute atomic E-state index is 13.8. The first-order chi connectivity index (χ1) is 17.1. The van der Waals surface area contributed by atoms with Crippen molar-refractivity contribution in [3.63, 3.8) is 0 Å². The molecule has 0 aliphatic rings. The maximum atomic E-state index is 13.8. The van der Waals surface area contributed by atoms with E-state index in [9.17, 15) is 4.79 Å². The summed E-state index contributed by atoms with van der Waals surface area (Å²) < 4.78 is 1.91. The molecule has 0 fully saturated rings. The van der Waals surface area contributed by atoms with E-state index in [1.54, 1.807) is 0 Å². The molecule has 5 aromatic rings. The lowest BCUT2D eigenvalue weighted by molar-refractivity contribution is 0.0945. The molecule has 0 saturated heterocycles. The minimum Gasteiger partial charge on any atom is -0.360 e. The highest BCUT2D eigenvalue weighted by Gasteiger charge is 2.24. The van der Waals surface area contributed by atoms with Gasteiger partial charge in [0, 0.05) is 52.5 Å². The number of nitrogens with one attached hydrogen (secondary N) is 2. The van der Waals surface area contributed by atoms with Gasteiger partial charge < -0.3 is 10.3 Å². The zero-order chi connectivity index (χ0) is 24.2. The fraction of sp³-hybridized carbons (Fsp3) is 0.172. The summed E-state index contributed by atoms with van der Waals surface area (Å²) in [5.41, 5.74) is 5.87. The second-order valence-corrected chi connectivity index (χ2v) is 9.02. The van der Waals surface area contributed by atoms with Gasteiger partial charge in [0.15, 0.2) is 5.78 Å². The van der Waals surface area contributed by atoms with Crippen molar-refractivity contribution in [1.29, 1.82) is 0 Å². The molecule has 0 unspecified atom stereocenters. The van der Waals surface area contributed by atoms with E-state index in [4.69, 9.17) is 11.6 Å². The lowest BCUT2D eigenvalue weighted by Gasteiger charge is -2.18. The number of carbonyl (C=O) groups is 1. The maximum Gasteiger partial charge on any atom is 0.186 e. The number of rotatable bonds is 9. The van der Waals surface area contributed by atoms with Gasteiger partial charge in [-0.1, -0.05) is 66.2 Å². The number of fused-ring (bicyclic) bond motifs is 1. The minimum atomic E-state index is -0.440. The summed E-state index contributed by atoms with van der Waals surface area (Å²) in [7, 11) is 0. The molecule has 0 spiro atoms. The summed E-state index contributed by atoms with van der Waals surface area (Å²) >= 11 is 6.01. The molecule has 5 nitrogen and oxygen atoms in total. The molecule has 2 N–H and O–H groups in total. The molecule has 6 heteroatoms. The van der Waals surface area contributed by atoms with Crippen molar-refractivity contribution in [3.05, 3.63) is 113 Å². The van der Waals surface area contributed by atoms with Crippen LogP contribution in [0.15, 0.2) is 91.4 Å². The van der Waals surface area contributed by atoms with E-state index in [1.165, 1.54) is 5.56 Å². The zero-order valence-electron chi connectivity index (χ0n) is 19.5. The number of hydrogen-bond donors (Lipinski definition) is 2. The number of ketones is 1. The average molecular weight is 483 g/mol. The SMILES string of the molecule is CCn1cc(-c2ccc3c(C(=O)[C@@H](NCCc4ccc(Cl)cc4)c4ccccc4)c[nH]c3c2)cn1. The van der Waals surface area contributed by atoms with E-state index in [-0.39, 0.29) is 5.78 Å². The molecule has 0 bridgehead atoms. The summed E-state index contributed by atoms with van der Waals surface area (Å²) in [6, 6.07) is 23.4. The van der Waals surface area contributed by atoms with Crippen LogP contribution in [0.4, 0.5) is 0 Å². The molecule has 0 amide bonds. The number of H-pyrrole nitrogens is 1. The van der Waals surface area contributed by atoms with Gasteiger partial charge in [-0.3, -0.25) is 9.48 Å². The van der Waals surface area contributed by atoms with E-state index in [2.05, 4.69) is 34.5 Å². The number of Topliss-reactive ketones (excluding diaryl/α,β-unsaturated/α-hetero) is 1. The molecule has 2 heterocycles. The third-order valence-corrected chi connectivity index (χ3v) is 6.56. The highest BCUT2D eigenvalue weighted by atomic mass is 35.5. The van der Waals surface area contributed by atoms with Gasteiger partial charge in [0.05, 0.1) is 12.2 Å². The smallest absolute Gasteiger partial charge is 0.186 e. The highest BCUT2D eigenvalue weighted by molar-refractivity contribution is 6.30. The third-order valence-electron chi connectivity index (χ3n) is 6.31. The number of aromatic amines is 1. The summed E-state index contributed by atoms with van der Waals surface area (Å²) in [6.45, 7) is 3.56. The van der Waals surface area contributed by atoms with E-state index < -0.39 is 6.04 Å². The summed E-state index contributed by atoms with van der Waals surface area (Å²) in [5, 5.41) is 9.51. The van der Waals surface area contributed by atoms with Crippen molar-refractivity contribution in [2.45, 2.75) is 25.9 Å². The average Bonchev–Trinajstić information content (AvgIpc) is 3.55. The van der Waals surface area contributed by atoms with Crippen molar-refractivity contribution in [3.8, 4) is 11.1 Å². The second kappa shape index (κ2) is 10.3. The summed E-state index contributed by atoms with van der Waals surface area (Å²) in [6.07, 6.45) is 6.53. The molecule has 0 aliphatic heterocycles. The van der Waals surface area contributed by atoms with Crippen LogP contribution in [0.5, 0.6) is 0 Å². The summed E-state index contributed by atoms with van der Waals surface area (Å²) in [5.74, 6) is 0.0464. The Balaban J connectivity index is 1.40. The van der Waals surface area contributed by atoms with Crippen molar-refractivity contribution >= 4 is 28.3 Å². The van der Waals surface area contributed by atoms with E-state index in [0.717, 1.165) is 45.6 Å². The monoisotopic (exact) mass is 482 g/mol. The largest absolute Gasteiger partial charge is 0.360 e. The number of carbonyl (C=O) groups excluding carboxylic acids is 1. The van der Waals surface area contributed by atoms with Gasteiger partial charge in [-0.15, -0.1) is 0 Å². The predicted molar refractivity (Wildman–Crippen MR) is 142 cm³/mol. The molecule has 0 radical (unpaired) electrons. The Morgan fingerprint density at radius 2 is 1.86 bits per heavy atom. The fourth-order valence-corrected chi connectivity index (χ4v) is 4.50. The van der Waals surface area contributed by atoms with Crippen LogP contribution < -0.4 is 5.32 Å². The number of nitrogens with zero attached hydrogens (tertiary/aromatic N) is 2. The van der Waals surface area contributed by atoms with Crippen molar-refractivity contribution in [2.24, 2.45) is 0 Å². The fourth-order valence-electron chi connectivity index (χ4n) is 4.37. The first-order valence-corrected chi connectivity index (χ1v) is 12.2. The Kier molecular flexibility index (Phi) is 6.80. The van der Waals surface area contributed by atoms with Gasteiger partial charge in [0.1, 0.15) is 0 Å². The minimum absolute atomic E-state index is 0.0464. The lowest BCUT2D eigenvalue weighted by atomic mass is 9.96. The molecule has 35 heavy (non-hydrogen) atoms. The Morgan fingerprint density at radius 3 is 2.60 bits per heavy atom. The number of aromatic nitrogens is 3. The molecule has 0 aliphatic carbocycles. The van der Waals surface area contributed by atoms with Crippen LogP contribution in [0.3, 0.4) is 0 Å². The molecule has 2 aromatic heterocycles. The Bertz CT molecular complexity index is 1440. The molecule has 1 atom stereocenters. The van der Waals surface area contributed by atoms with Gasteiger partial charge in [0.2, 0.25) is 0 Å². The second-order valence-electron chi connectivity index (χ2n) is 8.59. The van der Waals surface area contributed by atoms with Gasteiger partial charge in [-0.2, -0.15) is 5.10 Å². The van der Waals surface area contributed by atoms with Crippen LogP contribution in [-0.2, 0) is 13.0 Å². The van der Waals surface area contributed by atoms with Gasteiger partial charge >= 0.3 is 0 Å². The van der Waals surface area contributed by atoms with Crippen molar-refractivity contribution in [1.82, 2.24) is 20.1 Å².